The van der Waals surface area contributed by atoms with Crippen LogP contribution in [-0.2, 0) is 14.8 Å². The Morgan fingerprint density at radius 2 is 1.97 bits per heavy atom. The molecule has 8 nitrogen and oxygen atoms in total. The minimum absolute atomic E-state index is 0.0217. The van der Waals surface area contributed by atoms with Crippen LogP contribution in [0, 0.1) is 15.9 Å². The van der Waals surface area contributed by atoms with Gasteiger partial charge in [-0.25, -0.2) is 17.5 Å². The lowest BCUT2D eigenvalue weighted by Gasteiger charge is -2.34. The van der Waals surface area contributed by atoms with Crippen LogP contribution in [0.5, 0.6) is 0 Å². The Labute approximate surface area is 176 Å². The number of morpholine rings is 1. The zero-order valence-corrected chi connectivity index (χ0v) is 17.7. The third kappa shape index (κ3) is 5.58. The second-order valence-electron chi connectivity index (χ2n) is 6.47. The van der Waals surface area contributed by atoms with Crippen LogP contribution in [0.25, 0.3) is 0 Å². The van der Waals surface area contributed by atoms with Crippen molar-refractivity contribution in [3.8, 4) is 0 Å². The molecule has 0 spiro atoms. The van der Waals surface area contributed by atoms with Crippen LogP contribution in [-0.4, -0.2) is 51.1 Å². The van der Waals surface area contributed by atoms with Crippen molar-refractivity contribution < 1.29 is 22.5 Å². The van der Waals surface area contributed by atoms with Crippen LogP contribution in [0.2, 0.25) is 0 Å². The fraction of sp³-hybridized carbons (Fsp3) is 0.333. The summed E-state index contributed by atoms with van der Waals surface area (Å²) in [6.07, 6.45) is 0. The Kier molecular flexibility index (Phi) is 6.96. The molecule has 1 fully saturated rings. The molecule has 29 heavy (non-hydrogen) atoms. The van der Waals surface area contributed by atoms with Crippen LogP contribution >= 0.6 is 15.9 Å². The molecule has 0 aromatic heterocycles. The highest BCUT2D eigenvalue weighted by Gasteiger charge is 2.26. The number of ether oxygens (including phenoxy) is 1. The first-order valence-corrected chi connectivity index (χ1v) is 11.1. The quantitative estimate of drug-likeness (QED) is 0.475. The van der Waals surface area contributed by atoms with Gasteiger partial charge in [-0.3, -0.25) is 15.0 Å². The zero-order chi connectivity index (χ0) is 21.0. The lowest BCUT2D eigenvalue weighted by molar-refractivity contribution is -0.385. The molecule has 2 aromatic carbocycles. The number of nitro benzene ring substituents is 1. The van der Waals surface area contributed by atoms with Gasteiger partial charge in [-0.1, -0.05) is 28.1 Å². The topological polar surface area (TPSA) is 102 Å². The Hall–Kier alpha value is -1.92. The molecular weight excluding hydrogens is 469 g/mol. The van der Waals surface area contributed by atoms with E-state index in [2.05, 4.69) is 20.7 Å². The normalized spacial score (nSPS) is 16.5. The predicted octanol–water partition coefficient (Wildman–Crippen LogP) is 2.85. The Bertz CT molecular complexity index is 999. The number of nitrogens with zero attached hydrogens (tertiary/aromatic N) is 2. The molecular formula is C18H19BrFN3O5S. The van der Waals surface area contributed by atoms with E-state index in [-0.39, 0.29) is 21.6 Å². The summed E-state index contributed by atoms with van der Waals surface area (Å²) in [6, 6.07) is 9.11. The van der Waals surface area contributed by atoms with Gasteiger partial charge in [-0.2, -0.15) is 0 Å². The van der Waals surface area contributed by atoms with Crippen molar-refractivity contribution in [3.63, 3.8) is 0 Å². The molecule has 0 saturated carbocycles. The van der Waals surface area contributed by atoms with Gasteiger partial charge in [0, 0.05) is 42.3 Å². The molecule has 0 amide bonds. The van der Waals surface area contributed by atoms with Gasteiger partial charge in [-0.05, 0) is 23.8 Å². The molecule has 0 radical (unpaired) electrons. The zero-order valence-electron chi connectivity index (χ0n) is 15.3. The van der Waals surface area contributed by atoms with Gasteiger partial charge in [-0.15, -0.1) is 0 Å². The van der Waals surface area contributed by atoms with Gasteiger partial charge in [0.25, 0.3) is 5.69 Å². The number of halogens is 2. The SMILES string of the molecule is O=[N+]([O-])c1cc(Br)cc(S(=O)(=O)NCC(c2cccc(F)c2)N2CCOCC2)c1. The van der Waals surface area contributed by atoms with Gasteiger partial charge in [0.2, 0.25) is 10.0 Å². The summed E-state index contributed by atoms with van der Waals surface area (Å²) < 4.78 is 47.4. The largest absolute Gasteiger partial charge is 0.379 e. The summed E-state index contributed by atoms with van der Waals surface area (Å²) in [7, 11) is -4.03. The molecule has 1 atom stereocenters. The van der Waals surface area contributed by atoms with Gasteiger partial charge >= 0.3 is 0 Å². The van der Waals surface area contributed by atoms with Crippen LogP contribution < -0.4 is 4.72 Å². The monoisotopic (exact) mass is 487 g/mol. The highest BCUT2D eigenvalue weighted by molar-refractivity contribution is 9.10. The number of nitro groups is 1. The van der Waals surface area contributed by atoms with E-state index in [9.17, 15) is 22.9 Å². The average molecular weight is 488 g/mol. The number of non-ortho nitro benzene ring substituents is 1. The molecule has 0 bridgehead atoms. The van der Waals surface area contributed by atoms with Crippen molar-refractivity contribution in [2.24, 2.45) is 0 Å². The molecule has 1 N–H and O–H groups in total. The van der Waals surface area contributed by atoms with Gasteiger partial charge in [0.05, 0.1) is 23.0 Å². The summed E-state index contributed by atoms with van der Waals surface area (Å²) in [5, 5.41) is 11.0. The summed E-state index contributed by atoms with van der Waals surface area (Å²) in [6.45, 7) is 2.12. The molecule has 3 rings (SSSR count). The molecule has 2 aromatic rings. The fourth-order valence-electron chi connectivity index (χ4n) is 3.14. The van der Waals surface area contributed by atoms with Crippen LogP contribution in [0.1, 0.15) is 11.6 Å². The number of rotatable bonds is 7. The summed E-state index contributed by atoms with van der Waals surface area (Å²) >= 11 is 3.10. The third-order valence-corrected chi connectivity index (χ3v) is 6.42. The van der Waals surface area contributed by atoms with Crippen molar-refractivity contribution in [2.45, 2.75) is 10.9 Å². The molecule has 0 aliphatic carbocycles. The third-order valence-electron chi connectivity index (χ3n) is 4.56. The van der Waals surface area contributed by atoms with Crippen LogP contribution in [0.3, 0.4) is 0 Å². The van der Waals surface area contributed by atoms with E-state index in [1.807, 2.05) is 4.90 Å². The Balaban J connectivity index is 1.85. The number of hydrogen-bond acceptors (Lipinski definition) is 6. The van der Waals surface area contributed by atoms with E-state index >= 15 is 0 Å². The lowest BCUT2D eigenvalue weighted by Crippen LogP contribution is -2.43. The van der Waals surface area contributed by atoms with Crippen LogP contribution in [0.4, 0.5) is 10.1 Å². The van der Waals surface area contributed by atoms with E-state index in [4.69, 9.17) is 4.74 Å². The van der Waals surface area contributed by atoms with Crippen molar-refractivity contribution in [1.29, 1.82) is 0 Å². The fourth-order valence-corrected chi connectivity index (χ4v) is 4.88. The smallest absolute Gasteiger partial charge is 0.271 e. The number of benzene rings is 2. The second-order valence-corrected chi connectivity index (χ2v) is 9.16. The summed E-state index contributed by atoms with van der Waals surface area (Å²) in [4.78, 5) is 12.2. The standard InChI is InChI=1S/C18H19BrFN3O5S/c19-14-9-16(23(24)25)11-17(10-14)29(26,27)21-12-18(22-4-6-28-7-5-22)13-2-1-3-15(20)8-13/h1-3,8-11,18,21H,4-7,12H2. The number of nitrogens with one attached hydrogen (secondary N) is 1. The number of hydrogen-bond donors (Lipinski definition) is 1. The van der Waals surface area contributed by atoms with Gasteiger partial charge < -0.3 is 4.74 Å². The van der Waals surface area contributed by atoms with E-state index < -0.39 is 26.8 Å². The molecule has 1 heterocycles. The van der Waals surface area contributed by atoms with Gasteiger partial charge in [0.1, 0.15) is 5.82 Å². The van der Waals surface area contributed by atoms with Gasteiger partial charge in [0.15, 0.2) is 0 Å². The highest BCUT2D eigenvalue weighted by Crippen LogP contribution is 2.26. The first-order valence-electron chi connectivity index (χ1n) is 8.78. The molecule has 1 saturated heterocycles. The first kappa shape index (κ1) is 21.8. The summed E-state index contributed by atoms with van der Waals surface area (Å²) in [5.74, 6) is -0.411. The van der Waals surface area contributed by atoms with Crippen molar-refractivity contribution in [3.05, 3.63) is 68.4 Å². The van der Waals surface area contributed by atoms with E-state index in [0.717, 1.165) is 6.07 Å². The van der Waals surface area contributed by atoms with E-state index in [0.29, 0.717) is 31.9 Å². The van der Waals surface area contributed by atoms with Crippen LogP contribution in [0.15, 0.2) is 51.8 Å². The lowest BCUT2D eigenvalue weighted by atomic mass is 10.0. The highest BCUT2D eigenvalue weighted by atomic mass is 79.9. The second kappa shape index (κ2) is 9.26. The minimum Gasteiger partial charge on any atom is -0.379 e. The molecule has 1 aliphatic rings. The summed E-state index contributed by atoms with van der Waals surface area (Å²) in [5.41, 5.74) is 0.296. The molecule has 1 aliphatic heterocycles. The van der Waals surface area contributed by atoms with E-state index in [1.54, 1.807) is 12.1 Å². The first-order chi connectivity index (χ1) is 13.8. The maximum absolute atomic E-state index is 13.7. The van der Waals surface area contributed by atoms with Crippen molar-refractivity contribution in [1.82, 2.24) is 9.62 Å². The Morgan fingerprint density at radius 1 is 1.24 bits per heavy atom. The number of sulfonamides is 1. The Morgan fingerprint density at radius 3 is 2.62 bits per heavy atom. The molecule has 156 valence electrons. The maximum Gasteiger partial charge on any atom is 0.271 e. The van der Waals surface area contributed by atoms with Crippen molar-refractivity contribution in [2.75, 3.05) is 32.8 Å². The van der Waals surface area contributed by atoms with E-state index in [1.165, 1.54) is 24.3 Å². The average Bonchev–Trinajstić information content (AvgIpc) is 2.68. The molecule has 11 heteroatoms. The minimum atomic E-state index is -4.03. The maximum atomic E-state index is 13.7. The molecule has 1 unspecified atom stereocenters. The predicted molar refractivity (Wildman–Crippen MR) is 108 cm³/mol. The van der Waals surface area contributed by atoms with Crippen molar-refractivity contribution >= 4 is 31.6 Å².